The number of carbonyl (C=O) groups excluding carboxylic acids is 2. The summed E-state index contributed by atoms with van der Waals surface area (Å²) in [6.45, 7) is 6.41. The number of ether oxygens (including phenoxy) is 1. The molecule has 0 bridgehead atoms. The number of aliphatic hydroxyl groups excluding tert-OH is 2. The van der Waals surface area contributed by atoms with E-state index in [0.29, 0.717) is 19.3 Å². The van der Waals surface area contributed by atoms with Gasteiger partial charge in [-0.3, -0.25) is 9.59 Å². The standard InChI is InChI=1S/C52H95NO5/c1-4-7-10-13-16-19-22-24-25-26-27-28-30-33-36-39-42-45-52(57)58-48(43-40-37-34-31-21-18-15-12-9-6-3)46-51(56)53-49(47-54)50(55)44-41-38-35-32-29-23-20-17-14-11-8-5-2/h16,18-19,21,24-25,27-28,48-50,54-55H,4-15,17,20,22-23,26,29-47H2,1-3H3,(H,53,56)/b19-16-,21-18-,25-24-,28-27-. The summed E-state index contributed by atoms with van der Waals surface area (Å²) in [5.74, 6) is -0.514. The zero-order chi connectivity index (χ0) is 42.4. The van der Waals surface area contributed by atoms with E-state index in [1.165, 1.54) is 103 Å². The van der Waals surface area contributed by atoms with Gasteiger partial charge in [0.05, 0.1) is 25.2 Å². The number of amides is 1. The Kier molecular flexibility index (Phi) is 44.2. The minimum atomic E-state index is -0.794. The van der Waals surface area contributed by atoms with Gasteiger partial charge in [0.15, 0.2) is 0 Å². The fraction of sp³-hybridized carbons (Fsp3) is 0.808. The van der Waals surface area contributed by atoms with Crippen LogP contribution in [0.5, 0.6) is 0 Å². The van der Waals surface area contributed by atoms with Crippen LogP contribution in [0.2, 0.25) is 0 Å². The van der Waals surface area contributed by atoms with Crippen molar-refractivity contribution in [2.45, 2.75) is 264 Å². The largest absolute Gasteiger partial charge is 0.462 e. The molecule has 3 atom stereocenters. The van der Waals surface area contributed by atoms with Crippen LogP contribution in [0.1, 0.15) is 245 Å². The highest BCUT2D eigenvalue weighted by Gasteiger charge is 2.24. The van der Waals surface area contributed by atoms with E-state index in [2.05, 4.69) is 74.7 Å². The van der Waals surface area contributed by atoms with Gasteiger partial charge in [0.25, 0.3) is 0 Å². The summed E-state index contributed by atoms with van der Waals surface area (Å²) in [6, 6.07) is -0.709. The van der Waals surface area contributed by atoms with Crippen LogP contribution in [0.25, 0.3) is 0 Å². The Morgan fingerprint density at radius 2 is 0.879 bits per heavy atom. The normalized spacial score (nSPS) is 13.7. The molecule has 338 valence electrons. The molecule has 3 N–H and O–H groups in total. The molecule has 0 heterocycles. The van der Waals surface area contributed by atoms with Crippen molar-refractivity contribution >= 4 is 11.9 Å². The number of nitrogens with one attached hydrogen (secondary N) is 1. The fourth-order valence-corrected chi connectivity index (χ4v) is 7.31. The molecule has 0 radical (unpaired) electrons. The van der Waals surface area contributed by atoms with Gasteiger partial charge in [-0.15, -0.1) is 0 Å². The highest BCUT2D eigenvalue weighted by molar-refractivity contribution is 5.77. The lowest BCUT2D eigenvalue weighted by atomic mass is 10.0. The Balaban J connectivity index is 4.57. The van der Waals surface area contributed by atoms with Gasteiger partial charge in [0.1, 0.15) is 6.10 Å². The van der Waals surface area contributed by atoms with E-state index in [0.717, 1.165) is 96.3 Å². The van der Waals surface area contributed by atoms with E-state index in [-0.39, 0.29) is 24.9 Å². The molecule has 0 aromatic carbocycles. The van der Waals surface area contributed by atoms with Crippen LogP contribution in [0.3, 0.4) is 0 Å². The predicted octanol–water partition coefficient (Wildman–Crippen LogP) is 14.7. The van der Waals surface area contributed by atoms with Crippen LogP contribution in [-0.2, 0) is 14.3 Å². The lowest BCUT2D eigenvalue weighted by Gasteiger charge is -2.24. The summed E-state index contributed by atoms with van der Waals surface area (Å²) in [6.07, 6.45) is 54.5. The molecule has 0 aliphatic carbocycles. The Hall–Kier alpha value is -2.18. The van der Waals surface area contributed by atoms with Gasteiger partial charge in [-0.2, -0.15) is 0 Å². The first kappa shape index (κ1) is 55.8. The number of aliphatic hydroxyl groups is 2. The Morgan fingerprint density at radius 3 is 1.40 bits per heavy atom. The first-order valence-electron chi connectivity index (χ1n) is 24.9. The van der Waals surface area contributed by atoms with Crippen molar-refractivity contribution in [1.29, 1.82) is 0 Å². The third kappa shape index (κ3) is 40.6. The van der Waals surface area contributed by atoms with Crippen LogP contribution in [0.4, 0.5) is 0 Å². The van der Waals surface area contributed by atoms with Crippen LogP contribution in [-0.4, -0.2) is 46.9 Å². The predicted molar refractivity (Wildman–Crippen MR) is 250 cm³/mol. The van der Waals surface area contributed by atoms with Crippen LogP contribution < -0.4 is 5.32 Å². The van der Waals surface area contributed by atoms with E-state index in [9.17, 15) is 19.8 Å². The van der Waals surface area contributed by atoms with Crippen LogP contribution in [0, 0.1) is 0 Å². The number of esters is 1. The van der Waals surface area contributed by atoms with Crippen molar-refractivity contribution < 1.29 is 24.5 Å². The summed E-state index contributed by atoms with van der Waals surface area (Å²) in [5, 5.41) is 23.7. The first-order chi connectivity index (χ1) is 28.5. The SMILES string of the molecule is CCCCC/C=C\C/C=C\C/C=C\CCCCCCC(=O)OC(CCCCC/C=C\CCCCC)CC(=O)NC(CO)C(O)CCCCCCCCCCCCCC. The number of allylic oxidation sites excluding steroid dienone is 8. The molecule has 0 spiro atoms. The molecular weight excluding hydrogens is 719 g/mol. The summed E-state index contributed by atoms with van der Waals surface area (Å²) in [7, 11) is 0. The molecule has 0 aliphatic heterocycles. The molecule has 0 aromatic heterocycles. The quantitative estimate of drug-likeness (QED) is 0.0323. The molecule has 3 unspecified atom stereocenters. The third-order valence-electron chi connectivity index (χ3n) is 11.1. The molecule has 0 fully saturated rings. The highest BCUT2D eigenvalue weighted by Crippen LogP contribution is 2.17. The first-order valence-corrected chi connectivity index (χ1v) is 24.9. The van der Waals surface area contributed by atoms with Crippen molar-refractivity contribution in [2.24, 2.45) is 0 Å². The van der Waals surface area contributed by atoms with Crippen molar-refractivity contribution in [2.75, 3.05) is 6.61 Å². The van der Waals surface area contributed by atoms with E-state index in [1.807, 2.05) is 0 Å². The number of carbonyl (C=O) groups is 2. The second-order valence-corrected chi connectivity index (χ2v) is 16.9. The maximum Gasteiger partial charge on any atom is 0.306 e. The van der Waals surface area contributed by atoms with Gasteiger partial charge in [-0.05, 0) is 89.9 Å². The Morgan fingerprint density at radius 1 is 0.500 bits per heavy atom. The number of rotatable bonds is 44. The lowest BCUT2D eigenvalue weighted by molar-refractivity contribution is -0.151. The number of hydrogen-bond donors (Lipinski definition) is 3. The van der Waals surface area contributed by atoms with E-state index < -0.39 is 18.2 Å². The number of unbranched alkanes of at least 4 members (excludes halogenated alkanes) is 24. The zero-order valence-corrected chi connectivity index (χ0v) is 38.4. The minimum absolute atomic E-state index is 0.0577. The molecular formula is C52H95NO5. The number of hydrogen-bond acceptors (Lipinski definition) is 5. The average Bonchev–Trinajstić information content (AvgIpc) is 3.22. The summed E-state index contributed by atoms with van der Waals surface area (Å²) in [4.78, 5) is 26.0. The van der Waals surface area contributed by atoms with E-state index in [1.54, 1.807) is 0 Å². The molecule has 0 aromatic rings. The maximum atomic E-state index is 13.1. The zero-order valence-electron chi connectivity index (χ0n) is 38.4. The Bertz CT molecular complexity index is 1000. The monoisotopic (exact) mass is 814 g/mol. The molecule has 0 saturated heterocycles. The highest BCUT2D eigenvalue weighted by atomic mass is 16.5. The van der Waals surface area contributed by atoms with Gasteiger partial charge in [0.2, 0.25) is 5.91 Å². The minimum Gasteiger partial charge on any atom is -0.462 e. The molecule has 6 heteroatoms. The average molecular weight is 814 g/mol. The van der Waals surface area contributed by atoms with Crippen LogP contribution in [0.15, 0.2) is 48.6 Å². The van der Waals surface area contributed by atoms with Crippen molar-refractivity contribution in [1.82, 2.24) is 5.32 Å². The summed E-state index contributed by atoms with van der Waals surface area (Å²) in [5.41, 5.74) is 0. The molecule has 0 aliphatic rings. The second kappa shape index (κ2) is 45.9. The Labute approximate surface area is 359 Å². The van der Waals surface area contributed by atoms with E-state index >= 15 is 0 Å². The molecule has 1 amide bonds. The van der Waals surface area contributed by atoms with Gasteiger partial charge >= 0.3 is 5.97 Å². The lowest BCUT2D eigenvalue weighted by Crippen LogP contribution is -2.46. The van der Waals surface area contributed by atoms with Gasteiger partial charge in [-0.1, -0.05) is 191 Å². The topological polar surface area (TPSA) is 95.9 Å². The van der Waals surface area contributed by atoms with Gasteiger partial charge in [0, 0.05) is 6.42 Å². The van der Waals surface area contributed by atoms with Gasteiger partial charge in [-0.25, -0.2) is 0 Å². The molecule has 6 nitrogen and oxygen atoms in total. The maximum absolute atomic E-state index is 13.1. The summed E-state index contributed by atoms with van der Waals surface area (Å²) >= 11 is 0. The van der Waals surface area contributed by atoms with Crippen LogP contribution >= 0.6 is 0 Å². The molecule has 0 saturated carbocycles. The van der Waals surface area contributed by atoms with E-state index in [4.69, 9.17) is 4.74 Å². The van der Waals surface area contributed by atoms with Crippen molar-refractivity contribution in [3.8, 4) is 0 Å². The van der Waals surface area contributed by atoms with Crippen molar-refractivity contribution in [3.63, 3.8) is 0 Å². The fourth-order valence-electron chi connectivity index (χ4n) is 7.31. The molecule has 58 heavy (non-hydrogen) atoms. The van der Waals surface area contributed by atoms with Gasteiger partial charge < -0.3 is 20.3 Å². The summed E-state index contributed by atoms with van der Waals surface area (Å²) < 4.78 is 5.90. The molecule has 0 rings (SSSR count). The second-order valence-electron chi connectivity index (χ2n) is 16.9. The smallest absolute Gasteiger partial charge is 0.306 e. The van der Waals surface area contributed by atoms with Crippen molar-refractivity contribution in [3.05, 3.63) is 48.6 Å². The third-order valence-corrected chi connectivity index (χ3v) is 11.1.